The maximum absolute atomic E-state index is 12.1. The van der Waals surface area contributed by atoms with Gasteiger partial charge in [-0.3, -0.25) is 4.79 Å². The van der Waals surface area contributed by atoms with Crippen LogP contribution in [0.2, 0.25) is 0 Å². The van der Waals surface area contributed by atoms with Gasteiger partial charge in [-0.1, -0.05) is 30.3 Å². The zero-order valence-electron chi connectivity index (χ0n) is 14.2. The molecular weight excluding hydrogens is 338 g/mol. The zero-order valence-corrected chi connectivity index (χ0v) is 15.0. The Bertz CT molecular complexity index is 732. The summed E-state index contributed by atoms with van der Waals surface area (Å²) < 4.78 is 4.81. The van der Waals surface area contributed by atoms with Crippen LogP contribution in [0.3, 0.4) is 0 Å². The Morgan fingerprint density at radius 1 is 1.28 bits per heavy atom. The van der Waals surface area contributed by atoms with Gasteiger partial charge >= 0.3 is 11.9 Å². The lowest BCUT2D eigenvalue weighted by Gasteiger charge is -2.30. The number of piperidine rings is 1. The molecule has 0 spiro atoms. The number of amides is 1. The molecule has 1 unspecified atom stereocenters. The molecule has 1 aliphatic heterocycles. The molecule has 0 bridgehead atoms. The van der Waals surface area contributed by atoms with Crippen LogP contribution in [0.5, 0.6) is 0 Å². The molecule has 3 rings (SSSR count). The summed E-state index contributed by atoms with van der Waals surface area (Å²) in [7, 11) is 0. The molecule has 1 fully saturated rings. The number of carbonyl (C=O) groups excluding carboxylic acids is 2. The van der Waals surface area contributed by atoms with Gasteiger partial charge in [0.1, 0.15) is 10.0 Å². The topological polar surface area (TPSA) is 72.4 Å². The van der Waals surface area contributed by atoms with Crippen LogP contribution in [0, 0.1) is 0 Å². The van der Waals surface area contributed by atoms with Gasteiger partial charge in [-0.2, -0.15) is 0 Å². The maximum Gasteiger partial charge on any atom is 0.397 e. The highest BCUT2D eigenvalue weighted by atomic mass is 32.1. The maximum atomic E-state index is 12.1. The third-order valence-electron chi connectivity index (χ3n) is 4.19. The van der Waals surface area contributed by atoms with Crippen molar-refractivity contribution in [1.82, 2.24) is 15.1 Å². The average molecular weight is 359 g/mol. The second-order valence-electron chi connectivity index (χ2n) is 6.01. The van der Waals surface area contributed by atoms with E-state index in [1.54, 1.807) is 23.2 Å². The molecule has 1 aromatic carbocycles. The van der Waals surface area contributed by atoms with Crippen molar-refractivity contribution in [3.63, 3.8) is 0 Å². The Morgan fingerprint density at radius 3 is 2.84 bits per heavy atom. The van der Waals surface area contributed by atoms with Crippen molar-refractivity contribution < 1.29 is 14.3 Å². The molecule has 25 heavy (non-hydrogen) atoms. The minimum Gasteiger partial charge on any atom is -0.459 e. The van der Waals surface area contributed by atoms with E-state index in [9.17, 15) is 9.59 Å². The molecule has 2 aromatic rings. The highest BCUT2D eigenvalue weighted by Gasteiger charge is 2.31. The van der Waals surface area contributed by atoms with Crippen LogP contribution in [0.4, 0.5) is 0 Å². The smallest absolute Gasteiger partial charge is 0.397 e. The minimum absolute atomic E-state index is 0.133. The number of benzene rings is 1. The number of likely N-dealkylation sites (tertiary alicyclic amines) is 1. The van der Waals surface area contributed by atoms with Gasteiger partial charge in [0.25, 0.3) is 0 Å². The first-order valence-electron chi connectivity index (χ1n) is 8.49. The van der Waals surface area contributed by atoms with E-state index in [1.807, 2.05) is 18.2 Å². The Kier molecular flexibility index (Phi) is 5.75. The van der Waals surface area contributed by atoms with E-state index in [2.05, 4.69) is 22.3 Å². The van der Waals surface area contributed by atoms with E-state index in [4.69, 9.17) is 4.74 Å². The van der Waals surface area contributed by atoms with Gasteiger partial charge in [0.05, 0.1) is 6.61 Å². The fourth-order valence-electron chi connectivity index (χ4n) is 2.96. The van der Waals surface area contributed by atoms with Crippen molar-refractivity contribution in [1.29, 1.82) is 0 Å². The molecule has 0 saturated carbocycles. The summed E-state index contributed by atoms with van der Waals surface area (Å²) in [5.74, 6) is -1.19. The Morgan fingerprint density at radius 2 is 2.08 bits per heavy atom. The quantitative estimate of drug-likeness (QED) is 0.619. The Labute approximate surface area is 150 Å². The fourth-order valence-corrected chi connectivity index (χ4v) is 3.96. The summed E-state index contributed by atoms with van der Waals surface area (Å²) in [6.45, 7) is 2.99. The number of carbonyl (C=O) groups is 2. The van der Waals surface area contributed by atoms with Crippen molar-refractivity contribution >= 4 is 23.2 Å². The molecule has 0 N–H and O–H groups in total. The standard InChI is InChI=1S/C18H21N3O3S/c1-2-24-18(23)17(22)21-10-6-9-14(12-21)16-20-19-15(25-16)11-13-7-4-3-5-8-13/h3-5,7-8,14H,2,6,9-12H2,1H3. The van der Waals surface area contributed by atoms with Gasteiger partial charge in [-0.05, 0) is 25.3 Å². The number of ether oxygens (including phenoxy) is 1. The van der Waals surface area contributed by atoms with Gasteiger partial charge in [-0.25, -0.2) is 4.79 Å². The zero-order chi connectivity index (χ0) is 17.6. The summed E-state index contributed by atoms with van der Waals surface area (Å²) >= 11 is 1.59. The number of rotatable bonds is 4. The highest BCUT2D eigenvalue weighted by molar-refractivity contribution is 7.11. The molecule has 1 saturated heterocycles. The van der Waals surface area contributed by atoms with Crippen molar-refractivity contribution in [3.05, 3.63) is 45.9 Å². The predicted octanol–water partition coefficient (Wildman–Crippen LogP) is 2.40. The predicted molar refractivity (Wildman–Crippen MR) is 94.3 cm³/mol. The molecule has 1 aliphatic rings. The van der Waals surface area contributed by atoms with E-state index in [-0.39, 0.29) is 12.5 Å². The van der Waals surface area contributed by atoms with Gasteiger partial charge in [0.15, 0.2) is 0 Å². The summed E-state index contributed by atoms with van der Waals surface area (Å²) in [5, 5.41) is 10.5. The number of hydrogen-bond donors (Lipinski definition) is 0. The van der Waals surface area contributed by atoms with Gasteiger partial charge in [-0.15, -0.1) is 21.5 Å². The molecule has 1 amide bonds. The number of hydrogen-bond acceptors (Lipinski definition) is 6. The van der Waals surface area contributed by atoms with Gasteiger partial charge < -0.3 is 9.64 Å². The lowest BCUT2D eigenvalue weighted by molar-refractivity contribution is -0.160. The largest absolute Gasteiger partial charge is 0.459 e. The Balaban J connectivity index is 1.64. The van der Waals surface area contributed by atoms with Crippen molar-refractivity contribution in [3.8, 4) is 0 Å². The average Bonchev–Trinajstić information content (AvgIpc) is 3.11. The monoisotopic (exact) mass is 359 g/mol. The summed E-state index contributed by atoms with van der Waals surface area (Å²) in [6.07, 6.45) is 2.56. The first-order valence-corrected chi connectivity index (χ1v) is 9.31. The number of aromatic nitrogens is 2. The summed E-state index contributed by atoms with van der Waals surface area (Å²) in [6, 6.07) is 10.2. The third-order valence-corrected chi connectivity index (χ3v) is 5.27. The SMILES string of the molecule is CCOC(=O)C(=O)N1CCCC(c2nnc(Cc3ccccc3)s2)C1. The molecule has 0 aliphatic carbocycles. The van der Waals surface area contributed by atoms with Crippen LogP contribution in [-0.4, -0.2) is 46.7 Å². The molecule has 7 heteroatoms. The van der Waals surface area contributed by atoms with E-state index >= 15 is 0 Å². The lowest BCUT2D eigenvalue weighted by atomic mass is 9.99. The Hall–Kier alpha value is -2.28. The molecule has 1 atom stereocenters. The van der Waals surface area contributed by atoms with Crippen LogP contribution in [-0.2, 0) is 20.7 Å². The van der Waals surface area contributed by atoms with Crippen LogP contribution >= 0.6 is 11.3 Å². The second-order valence-corrected chi connectivity index (χ2v) is 7.10. The summed E-state index contributed by atoms with van der Waals surface area (Å²) in [5.41, 5.74) is 1.20. The van der Waals surface area contributed by atoms with Crippen LogP contribution < -0.4 is 0 Å². The van der Waals surface area contributed by atoms with Crippen molar-refractivity contribution in [2.45, 2.75) is 32.1 Å². The van der Waals surface area contributed by atoms with E-state index < -0.39 is 11.9 Å². The molecule has 6 nitrogen and oxygen atoms in total. The first-order chi connectivity index (χ1) is 12.2. The van der Waals surface area contributed by atoms with Crippen molar-refractivity contribution in [2.75, 3.05) is 19.7 Å². The summed E-state index contributed by atoms with van der Waals surface area (Å²) in [4.78, 5) is 25.4. The fraction of sp³-hybridized carbons (Fsp3) is 0.444. The molecular formula is C18H21N3O3S. The second kappa shape index (κ2) is 8.20. The van der Waals surface area contributed by atoms with Gasteiger partial charge in [0, 0.05) is 25.4 Å². The molecule has 0 radical (unpaired) electrons. The van der Waals surface area contributed by atoms with Crippen molar-refractivity contribution in [2.24, 2.45) is 0 Å². The molecule has 132 valence electrons. The molecule has 1 aromatic heterocycles. The first kappa shape index (κ1) is 17.5. The number of esters is 1. The van der Waals surface area contributed by atoms with Crippen LogP contribution in [0.15, 0.2) is 30.3 Å². The lowest BCUT2D eigenvalue weighted by Crippen LogP contribution is -2.43. The van der Waals surface area contributed by atoms with Crippen LogP contribution in [0.25, 0.3) is 0 Å². The molecule has 2 heterocycles. The highest BCUT2D eigenvalue weighted by Crippen LogP contribution is 2.29. The van der Waals surface area contributed by atoms with E-state index in [0.29, 0.717) is 13.1 Å². The van der Waals surface area contributed by atoms with Crippen LogP contribution in [0.1, 0.15) is 41.3 Å². The third kappa shape index (κ3) is 4.42. The normalized spacial score (nSPS) is 17.3. The van der Waals surface area contributed by atoms with Gasteiger partial charge in [0.2, 0.25) is 0 Å². The number of nitrogens with zero attached hydrogens (tertiary/aromatic N) is 3. The minimum atomic E-state index is -0.773. The van der Waals surface area contributed by atoms with E-state index in [1.165, 1.54) is 5.56 Å². The van der Waals surface area contributed by atoms with E-state index in [0.717, 1.165) is 29.3 Å².